The van der Waals surface area contributed by atoms with Crippen LogP contribution in [0.4, 0.5) is 0 Å². The van der Waals surface area contributed by atoms with Gasteiger partial charge in [-0.3, -0.25) is 0 Å². The van der Waals surface area contributed by atoms with E-state index in [0.717, 1.165) is 25.0 Å². The highest BCUT2D eigenvalue weighted by Gasteiger charge is 2.01. The number of carboxylic acids is 2. The molecule has 0 aromatic heterocycles. The smallest absolute Gasteiger partial charge is 0.334 e. The number of hydrogen-bond donors (Lipinski definition) is 2. The van der Waals surface area contributed by atoms with Crippen LogP contribution in [-0.2, 0) is 19.2 Å². The van der Waals surface area contributed by atoms with E-state index in [-0.39, 0.29) is 5.97 Å². The highest BCUT2D eigenvalue weighted by Crippen LogP contribution is 2.07. The SMILES string of the molecule is CCCCCCCC(CC)=NOC(=O)CC.O=C(O)/C=C\C(=O)O. The minimum atomic E-state index is -1.26. The molecule has 0 rings (SSSR count). The number of nitrogens with zero attached hydrogens (tertiary/aromatic N) is 1. The molecule has 0 fully saturated rings. The van der Waals surface area contributed by atoms with Crippen molar-refractivity contribution in [3.05, 3.63) is 12.2 Å². The number of aliphatic carboxylic acids is 2. The van der Waals surface area contributed by atoms with Gasteiger partial charge in [0.1, 0.15) is 0 Å². The third-order valence-electron chi connectivity index (χ3n) is 2.91. The number of carboxylic acid groups (broad SMARTS) is 2. The standard InChI is InChI=1S/C13H25NO2.C4H4O4/c1-4-7-8-9-10-11-12(5-2)14-16-13(15)6-3;5-3(6)1-2-4(7)8/h4-11H2,1-3H3;1-2H,(H,5,6)(H,7,8)/b;2-1-. The fourth-order valence-electron chi connectivity index (χ4n) is 1.54. The van der Waals surface area contributed by atoms with Crippen LogP contribution in [0.25, 0.3) is 0 Å². The summed E-state index contributed by atoms with van der Waals surface area (Å²) in [4.78, 5) is 34.8. The molecule has 24 heavy (non-hydrogen) atoms. The van der Waals surface area contributed by atoms with Gasteiger partial charge in [-0.2, -0.15) is 0 Å². The Labute approximate surface area is 143 Å². The van der Waals surface area contributed by atoms with E-state index in [1.165, 1.54) is 25.7 Å². The quantitative estimate of drug-likeness (QED) is 0.194. The fraction of sp³-hybridized carbons (Fsp3) is 0.647. The molecular formula is C17H29NO6. The van der Waals surface area contributed by atoms with Gasteiger partial charge in [0, 0.05) is 18.6 Å². The maximum Gasteiger partial charge on any atom is 0.334 e. The second kappa shape index (κ2) is 17.2. The van der Waals surface area contributed by atoms with E-state index < -0.39 is 11.9 Å². The summed E-state index contributed by atoms with van der Waals surface area (Å²) in [7, 11) is 0. The summed E-state index contributed by atoms with van der Waals surface area (Å²) in [6.07, 6.45) is 9.59. The van der Waals surface area contributed by atoms with Crippen LogP contribution in [-0.4, -0.2) is 33.8 Å². The van der Waals surface area contributed by atoms with Crippen molar-refractivity contribution >= 4 is 23.6 Å². The Morgan fingerprint density at radius 2 is 1.42 bits per heavy atom. The van der Waals surface area contributed by atoms with Crippen molar-refractivity contribution in [1.29, 1.82) is 0 Å². The molecule has 0 aliphatic carbocycles. The lowest BCUT2D eigenvalue weighted by molar-refractivity contribution is -0.143. The Kier molecular flexibility index (Phi) is 17.2. The zero-order chi connectivity index (χ0) is 18.8. The Morgan fingerprint density at radius 1 is 0.875 bits per heavy atom. The number of oxime groups is 1. The molecule has 7 heteroatoms. The van der Waals surface area contributed by atoms with Gasteiger partial charge in [-0.25, -0.2) is 14.4 Å². The summed E-state index contributed by atoms with van der Waals surface area (Å²) < 4.78 is 0. The average molecular weight is 343 g/mol. The third kappa shape index (κ3) is 19.8. The topological polar surface area (TPSA) is 113 Å². The van der Waals surface area contributed by atoms with Gasteiger partial charge in [-0.05, 0) is 19.3 Å². The summed E-state index contributed by atoms with van der Waals surface area (Å²) in [5, 5.41) is 19.5. The predicted octanol–water partition coefficient (Wildman–Crippen LogP) is 3.78. The minimum absolute atomic E-state index is 0.253. The lowest BCUT2D eigenvalue weighted by Gasteiger charge is -2.03. The average Bonchev–Trinajstić information content (AvgIpc) is 2.55. The van der Waals surface area contributed by atoms with E-state index in [9.17, 15) is 14.4 Å². The molecule has 0 saturated carbocycles. The number of hydrogen-bond acceptors (Lipinski definition) is 5. The number of unbranched alkanes of at least 4 members (excludes halogenated alkanes) is 4. The molecule has 7 nitrogen and oxygen atoms in total. The molecule has 0 aromatic rings. The van der Waals surface area contributed by atoms with E-state index >= 15 is 0 Å². The second-order valence-corrected chi connectivity index (χ2v) is 5.00. The first-order valence-corrected chi connectivity index (χ1v) is 8.26. The van der Waals surface area contributed by atoms with Crippen LogP contribution in [0.5, 0.6) is 0 Å². The monoisotopic (exact) mass is 343 g/mol. The Hall–Kier alpha value is -2.18. The van der Waals surface area contributed by atoms with Gasteiger partial charge in [0.2, 0.25) is 0 Å². The van der Waals surface area contributed by atoms with Gasteiger partial charge in [-0.15, -0.1) is 0 Å². The van der Waals surface area contributed by atoms with Crippen molar-refractivity contribution < 1.29 is 29.4 Å². The molecule has 0 radical (unpaired) electrons. The van der Waals surface area contributed by atoms with Crippen LogP contribution in [0.2, 0.25) is 0 Å². The zero-order valence-electron chi connectivity index (χ0n) is 14.8. The molecule has 0 bridgehead atoms. The maximum atomic E-state index is 10.9. The lowest BCUT2D eigenvalue weighted by Crippen LogP contribution is -2.02. The molecule has 0 atom stereocenters. The van der Waals surface area contributed by atoms with E-state index in [2.05, 4.69) is 12.1 Å². The van der Waals surface area contributed by atoms with E-state index in [4.69, 9.17) is 15.1 Å². The lowest BCUT2D eigenvalue weighted by atomic mass is 10.1. The fourth-order valence-corrected chi connectivity index (χ4v) is 1.54. The molecule has 0 aliphatic rings. The second-order valence-electron chi connectivity index (χ2n) is 5.00. The number of carbonyl (C=O) groups excluding carboxylic acids is 1. The summed E-state index contributed by atoms with van der Waals surface area (Å²) in [6.45, 7) is 6.03. The molecule has 0 heterocycles. The number of carbonyl (C=O) groups is 3. The van der Waals surface area contributed by atoms with E-state index in [0.29, 0.717) is 18.6 Å². The highest BCUT2D eigenvalue weighted by molar-refractivity contribution is 5.89. The Morgan fingerprint density at radius 3 is 1.83 bits per heavy atom. The van der Waals surface area contributed by atoms with Crippen molar-refractivity contribution in [1.82, 2.24) is 0 Å². The summed E-state index contributed by atoms with van der Waals surface area (Å²) >= 11 is 0. The summed E-state index contributed by atoms with van der Waals surface area (Å²) in [6, 6.07) is 0. The maximum absolute atomic E-state index is 10.9. The minimum Gasteiger partial charge on any atom is -0.478 e. The van der Waals surface area contributed by atoms with Gasteiger partial charge in [0.05, 0.1) is 5.71 Å². The molecule has 138 valence electrons. The first-order chi connectivity index (χ1) is 11.4. The highest BCUT2D eigenvalue weighted by atomic mass is 16.7. The predicted molar refractivity (Wildman–Crippen MR) is 91.9 cm³/mol. The van der Waals surface area contributed by atoms with E-state index in [1.807, 2.05) is 6.92 Å². The first kappa shape index (κ1) is 24.1. The molecule has 0 saturated heterocycles. The van der Waals surface area contributed by atoms with Gasteiger partial charge in [0.25, 0.3) is 0 Å². The Bertz CT molecular complexity index is 413. The largest absolute Gasteiger partial charge is 0.478 e. The zero-order valence-corrected chi connectivity index (χ0v) is 14.8. The molecule has 0 aliphatic heterocycles. The van der Waals surface area contributed by atoms with Gasteiger partial charge >= 0.3 is 17.9 Å². The van der Waals surface area contributed by atoms with Gasteiger partial charge in [-0.1, -0.05) is 51.6 Å². The molecule has 0 amide bonds. The normalized spacial score (nSPS) is 10.9. The molecule has 0 unspecified atom stereocenters. The van der Waals surface area contributed by atoms with Gasteiger partial charge < -0.3 is 15.1 Å². The molecular weight excluding hydrogens is 314 g/mol. The summed E-state index contributed by atoms with van der Waals surface area (Å²) in [5.74, 6) is -2.77. The molecule has 2 N–H and O–H groups in total. The van der Waals surface area contributed by atoms with E-state index in [1.54, 1.807) is 6.92 Å². The Balaban J connectivity index is 0. The van der Waals surface area contributed by atoms with Crippen molar-refractivity contribution in [2.75, 3.05) is 0 Å². The molecule has 0 aromatic carbocycles. The van der Waals surface area contributed by atoms with Crippen LogP contribution in [0.15, 0.2) is 17.3 Å². The van der Waals surface area contributed by atoms with Crippen molar-refractivity contribution in [2.45, 2.75) is 72.1 Å². The van der Waals surface area contributed by atoms with Crippen molar-refractivity contribution in [3.63, 3.8) is 0 Å². The van der Waals surface area contributed by atoms with Crippen molar-refractivity contribution in [3.8, 4) is 0 Å². The van der Waals surface area contributed by atoms with Crippen molar-refractivity contribution in [2.24, 2.45) is 5.16 Å². The molecule has 0 spiro atoms. The van der Waals surface area contributed by atoms with Gasteiger partial charge in [0.15, 0.2) is 0 Å². The number of rotatable bonds is 11. The van der Waals surface area contributed by atoms with Crippen LogP contribution >= 0.6 is 0 Å². The van der Waals surface area contributed by atoms with Crippen LogP contribution in [0.1, 0.15) is 72.1 Å². The van der Waals surface area contributed by atoms with Crippen LogP contribution in [0.3, 0.4) is 0 Å². The third-order valence-corrected chi connectivity index (χ3v) is 2.91. The van der Waals surface area contributed by atoms with Crippen LogP contribution < -0.4 is 0 Å². The summed E-state index contributed by atoms with van der Waals surface area (Å²) in [5.41, 5.74) is 0.998. The first-order valence-electron chi connectivity index (χ1n) is 8.26. The van der Waals surface area contributed by atoms with Crippen LogP contribution in [0, 0.1) is 0 Å².